The fraction of sp³-hybridized carbons (Fsp3) is 0.667. The van der Waals surface area contributed by atoms with E-state index < -0.39 is 0 Å². The summed E-state index contributed by atoms with van der Waals surface area (Å²) in [6.45, 7) is 6.49. The lowest BCUT2D eigenvalue weighted by Gasteiger charge is -2.37. The largest absolute Gasteiger partial charge is 0.361 e. The minimum absolute atomic E-state index is 0.00924. The summed E-state index contributed by atoms with van der Waals surface area (Å²) in [5.74, 6) is 0.789. The highest BCUT2D eigenvalue weighted by molar-refractivity contribution is 5.80. The number of nitrogens with one attached hydrogen (secondary N) is 1. The Kier molecular flexibility index (Phi) is 4.04. The molecule has 0 unspecified atom stereocenters. The lowest BCUT2D eigenvalue weighted by Crippen LogP contribution is -2.51. The topological polar surface area (TPSA) is 78.7 Å². The molecule has 0 aliphatic carbocycles. The van der Waals surface area contributed by atoms with Crippen molar-refractivity contribution in [2.75, 3.05) is 26.2 Å². The lowest BCUT2D eigenvalue weighted by atomic mass is 10.0. The first-order valence-electron chi connectivity index (χ1n) is 7.80. The zero-order valence-electron chi connectivity index (χ0n) is 13.1. The van der Waals surface area contributed by atoms with Crippen LogP contribution in [0.15, 0.2) is 4.52 Å². The molecule has 0 aromatic carbocycles. The summed E-state index contributed by atoms with van der Waals surface area (Å²) in [6, 6.07) is 0.120. The first-order valence-corrected chi connectivity index (χ1v) is 7.80. The monoisotopic (exact) mass is 306 g/mol. The van der Waals surface area contributed by atoms with Gasteiger partial charge in [0.05, 0.1) is 18.2 Å². The summed E-state index contributed by atoms with van der Waals surface area (Å²) in [5.41, 5.74) is 1.66. The molecule has 120 valence electrons. The van der Waals surface area contributed by atoms with E-state index in [0.29, 0.717) is 25.3 Å². The van der Waals surface area contributed by atoms with Gasteiger partial charge in [-0.1, -0.05) is 5.16 Å². The Hall–Kier alpha value is -2.05. The fourth-order valence-electron chi connectivity index (χ4n) is 3.29. The Labute approximate surface area is 129 Å². The number of carbonyl (C=O) groups excluding carboxylic acids is 2. The molecule has 3 amide bonds. The van der Waals surface area contributed by atoms with Crippen molar-refractivity contribution < 1.29 is 14.1 Å². The van der Waals surface area contributed by atoms with Crippen molar-refractivity contribution in [3.8, 4) is 0 Å². The Morgan fingerprint density at radius 1 is 1.41 bits per heavy atom. The number of urea groups is 1. The van der Waals surface area contributed by atoms with Gasteiger partial charge in [0.2, 0.25) is 5.91 Å². The van der Waals surface area contributed by atoms with E-state index in [0.717, 1.165) is 37.2 Å². The number of likely N-dealkylation sites (tertiary alicyclic amines) is 1. The first-order chi connectivity index (χ1) is 10.6. The number of carbonyl (C=O) groups is 2. The molecule has 3 rings (SSSR count). The van der Waals surface area contributed by atoms with Gasteiger partial charge in [0.1, 0.15) is 5.76 Å². The Morgan fingerprint density at radius 3 is 2.86 bits per heavy atom. The normalized spacial score (nSPS) is 22.1. The van der Waals surface area contributed by atoms with Crippen LogP contribution in [0.25, 0.3) is 0 Å². The van der Waals surface area contributed by atoms with Gasteiger partial charge in [-0.25, -0.2) is 4.79 Å². The molecule has 1 aromatic rings. The van der Waals surface area contributed by atoms with Crippen LogP contribution in [-0.4, -0.2) is 59.1 Å². The molecular weight excluding hydrogens is 284 g/mol. The van der Waals surface area contributed by atoms with E-state index in [-0.39, 0.29) is 18.0 Å². The molecule has 2 fully saturated rings. The van der Waals surface area contributed by atoms with Gasteiger partial charge in [-0.05, 0) is 26.7 Å². The third-order valence-electron chi connectivity index (χ3n) is 4.59. The number of piperidine rings is 1. The highest BCUT2D eigenvalue weighted by Gasteiger charge is 2.33. The van der Waals surface area contributed by atoms with Crippen molar-refractivity contribution in [1.82, 2.24) is 20.3 Å². The maximum Gasteiger partial charge on any atom is 0.317 e. The average Bonchev–Trinajstić information content (AvgIpc) is 3.08. The van der Waals surface area contributed by atoms with Crippen LogP contribution in [0.2, 0.25) is 0 Å². The molecule has 3 heterocycles. The number of hydrogen-bond acceptors (Lipinski definition) is 4. The van der Waals surface area contributed by atoms with Crippen LogP contribution in [-0.2, 0) is 11.2 Å². The maximum atomic E-state index is 12.5. The van der Waals surface area contributed by atoms with Crippen molar-refractivity contribution in [2.45, 2.75) is 39.2 Å². The molecule has 7 nitrogen and oxygen atoms in total. The predicted molar refractivity (Wildman–Crippen MR) is 79.4 cm³/mol. The Balaban J connectivity index is 1.64. The van der Waals surface area contributed by atoms with E-state index in [1.54, 1.807) is 0 Å². The highest BCUT2D eigenvalue weighted by Crippen LogP contribution is 2.20. The average molecular weight is 306 g/mol. The zero-order chi connectivity index (χ0) is 15.7. The van der Waals surface area contributed by atoms with Crippen LogP contribution >= 0.6 is 0 Å². The molecule has 2 aliphatic heterocycles. The van der Waals surface area contributed by atoms with Crippen LogP contribution in [0.3, 0.4) is 0 Å². The quantitative estimate of drug-likeness (QED) is 0.898. The van der Waals surface area contributed by atoms with E-state index in [4.69, 9.17) is 4.52 Å². The summed E-state index contributed by atoms with van der Waals surface area (Å²) in [6.07, 6.45) is 2.21. The van der Waals surface area contributed by atoms with E-state index in [1.165, 1.54) is 0 Å². The maximum absolute atomic E-state index is 12.5. The molecule has 7 heteroatoms. The number of amides is 3. The van der Waals surface area contributed by atoms with Gasteiger partial charge >= 0.3 is 6.03 Å². The molecule has 0 saturated carbocycles. The standard InChI is InChI=1S/C15H22N4O3/c1-10-13(11(2)22-17-10)8-14(20)18-6-3-4-12(9-18)19-7-5-16-15(19)21/h12H,3-9H2,1-2H3,(H,16,21)/t12-/m1/s1. The van der Waals surface area contributed by atoms with Crippen molar-refractivity contribution in [1.29, 1.82) is 0 Å². The van der Waals surface area contributed by atoms with E-state index in [1.807, 2.05) is 23.6 Å². The van der Waals surface area contributed by atoms with Gasteiger partial charge in [0, 0.05) is 31.7 Å². The predicted octanol–water partition coefficient (Wildman–Crippen LogP) is 0.850. The van der Waals surface area contributed by atoms with Crippen molar-refractivity contribution in [2.24, 2.45) is 0 Å². The number of aryl methyl sites for hydroxylation is 2. The molecule has 0 radical (unpaired) electrons. The molecule has 0 bridgehead atoms. The summed E-state index contributed by atoms with van der Waals surface area (Å²) < 4.78 is 5.12. The van der Waals surface area contributed by atoms with Gasteiger partial charge in [-0.2, -0.15) is 0 Å². The van der Waals surface area contributed by atoms with Crippen LogP contribution in [0.4, 0.5) is 4.79 Å². The van der Waals surface area contributed by atoms with Gasteiger partial charge < -0.3 is 19.6 Å². The number of rotatable bonds is 3. The second-order valence-electron chi connectivity index (χ2n) is 6.04. The second kappa shape index (κ2) is 5.98. The minimum atomic E-state index is -0.00924. The third-order valence-corrected chi connectivity index (χ3v) is 4.59. The lowest BCUT2D eigenvalue weighted by molar-refractivity contribution is -0.132. The Bertz CT molecular complexity index is 564. The van der Waals surface area contributed by atoms with Crippen LogP contribution in [0, 0.1) is 13.8 Å². The summed E-state index contributed by atoms with van der Waals surface area (Å²) in [4.78, 5) is 28.1. The summed E-state index contributed by atoms with van der Waals surface area (Å²) in [7, 11) is 0. The minimum Gasteiger partial charge on any atom is -0.361 e. The summed E-state index contributed by atoms with van der Waals surface area (Å²) >= 11 is 0. The van der Waals surface area contributed by atoms with E-state index >= 15 is 0 Å². The molecular formula is C15H22N4O3. The van der Waals surface area contributed by atoms with E-state index in [2.05, 4.69) is 10.5 Å². The molecule has 2 saturated heterocycles. The SMILES string of the molecule is Cc1noc(C)c1CC(=O)N1CCC[C@@H](N2CCNC2=O)C1. The van der Waals surface area contributed by atoms with Crippen LogP contribution in [0.5, 0.6) is 0 Å². The smallest absolute Gasteiger partial charge is 0.317 e. The van der Waals surface area contributed by atoms with Crippen molar-refractivity contribution in [3.63, 3.8) is 0 Å². The third kappa shape index (κ3) is 2.80. The van der Waals surface area contributed by atoms with Crippen LogP contribution < -0.4 is 5.32 Å². The van der Waals surface area contributed by atoms with Gasteiger partial charge in [-0.15, -0.1) is 0 Å². The Morgan fingerprint density at radius 2 is 2.23 bits per heavy atom. The molecule has 1 N–H and O–H groups in total. The van der Waals surface area contributed by atoms with Crippen molar-refractivity contribution in [3.05, 3.63) is 17.0 Å². The number of nitrogens with zero attached hydrogens (tertiary/aromatic N) is 3. The van der Waals surface area contributed by atoms with Gasteiger partial charge in [-0.3, -0.25) is 4.79 Å². The highest BCUT2D eigenvalue weighted by atomic mass is 16.5. The summed E-state index contributed by atoms with van der Waals surface area (Å²) in [5, 5.41) is 6.72. The van der Waals surface area contributed by atoms with Crippen LogP contribution in [0.1, 0.15) is 29.9 Å². The zero-order valence-corrected chi connectivity index (χ0v) is 13.1. The first kappa shape index (κ1) is 14.9. The molecule has 0 spiro atoms. The van der Waals surface area contributed by atoms with Gasteiger partial charge in [0.25, 0.3) is 0 Å². The molecule has 2 aliphatic rings. The van der Waals surface area contributed by atoms with E-state index in [9.17, 15) is 9.59 Å². The van der Waals surface area contributed by atoms with Crippen molar-refractivity contribution >= 4 is 11.9 Å². The number of hydrogen-bond donors (Lipinski definition) is 1. The second-order valence-corrected chi connectivity index (χ2v) is 6.04. The van der Waals surface area contributed by atoms with Gasteiger partial charge in [0.15, 0.2) is 0 Å². The fourth-order valence-corrected chi connectivity index (χ4v) is 3.29. The molecule has 1 atom stereocenters. The molecule has 22 heavy (non-hydrogen) atoms. The molecule has 1 aromatic heterocycles. The number of aromatic nitrogens is 1.